The van der Waals surface area contributed by atoms with Crippen LogP contribution in [0, 0.1) is 5.41 Å². The second-order valence-electron chi connectivity index (χ2n) is 7.20. The third-order valence-electron chi connectivity index (χ3n) is 5.01. The average Bonchev–Trinajstić information content (AvgIpc) is 3.03. The maximum atomic E-state index is 12.1. The summed E-state index contributed by atoms with van der Waals surface area (Å²) in [5.41, 5.74) is 0.286. The normalized spacial score (nSPS) is 24.9. The van der Waals surface area contributed by atoms with Crippen molar-refractivity contribution >= 4 is 17.2 Å². The van der Waals surface area contributed by atoms with E-state index < -0.39 is 0 Å². The smallest absolute Gasteiger partial charge is 0.249 e. The lowest BCUT2D eigenvalue weighted by atomic mass is 9.73. The lowest BCUT2D eigenvalue weighted by Gasteiger charge is -2.45. The minimum absolute atomic E-state index is 0.0519. The van der Waals surface area contributed by atoms with Gasteiger partial charge in [0.25, 0.3) is 0 Å². The number of rotatable bonds is 4. The zero-order valence-electron chi connectivity index (χ0n) is 14.1. The van der Waals surface area contributed by atoms with Gasteiger partial charge in [-0.2, -0.15) is 0 Å². The summed E-state index contributed by atoms with van der Waals surface area (Å²) in [4.78, 5) is 18.9. The molecule has 6 heteroatoms. The van der Waals surface area contributed by atoms with Gasteiger partial charge in [-0.05, 0) is 58.0 Å². The number of hydrogen-bond donors (Lipinski definition) is 1. The maximum Gasteiger partial charge on any atom is 0.249 e. The first kappa shape index (κ1) is 16.9. The van der Waals surface area contributed by atoms with Crippen molar-refractivity contribution < 1.29 is 9.53 Å². The first-order chi connectivity index (χ1) is 11.1. The summed E-state index contributed by atoms with van der Waals surface area (Å²) in [5, 5.41) is 6.20. The predicted octanol–water partition coefficient (Wildman–Crippen LogP) is 2.43. The Morgan fingerprint density at radius 3 is 2.83 bits per heavy atom. The highest BCUT2D eigenvalue weighted by molar-refractivity contribution is 7.09. The molecule has 2 aliphatic rings. The van der Waals surface area contributed by atoms with Crippen LogP contribution < -0.4 is 5.32 Å². The molecule has 1 atom stereocenters. The molecule has 5 nitrogen and oxygen atoms in total. The number of nitrogens with zero attached hydrogens (tertiary/aromatic N) is 2. The van der Waals surface area contributed by atoms with Crippen molar-refractivity contribution in [1.82, 2.24) is 15.2 Å². The topological polar surface area (TPSA) is 54.5 Å². The second-order valence-corrected chi connectivity index (χ2v) is 8.18. The van der Waals surface area contributed by atoms with Gasteiger partial charge in [0.2, 0.25) is 5.91 Å². The van der Waals surface area contributed by atoms with Crippen molar-refractivity contribution in [3.05, 3.63) is 16.6 Å². The molecule has 2 saturated heterocycles. The van der Waals surface area contributed by atoms with E-state index in [9.17, 15) is 4.79 Å². The SMILES string of the molecule is CC(C)NC(=O)[C@@H]1CCC2(CCN(Cc3nccs3)CC2)CO1. The Kier molecular flexibility index (Phi) is 5.34. The monoisotopic (exact) mass is 337 g/mol. The second kappa shape index (κ2) is 7.28. The molecular weight excluding hydrogens is 310 g/mol. The van der Waals surface area contributed by atoms with E-state index in [1.54, 1.807) is 11.3 Å². The Morgan fingerprint density at radius 2 is 2.26 bits per heavy atom. The number of carbonyl (C=O) groups excluding carboxylic acids is 1. The summed E-state index contributed by atoms with van der Waals surface area (Å²) >= 11 is 1.73. The van der Waals surface area contributed by atoms with Gasteiger partial charge in [-0.3, -0.25) is 9.69 Å². The molecule has 2 fully saturated rings. The summed E-state index contributed by atoms with van der Waals surface area (Å²) < 4.78 is 5.93. The van der Waals surface area contributed by atoms with Gasteiger partial charge in [-0.25, -0.2) is 4.98 Å². The zero-order chi connectivity index (χ0) is 16.3. The molecule has 1 N–H and O–H groups in total. The minimum atomic E-state index is -0.253. The van der Waals surface area contributed by atoms with E-state index in [1.165, 1.54) is 5.01 Å². The molecule has 128 valence electrons. The quantitative estimate of drug-likeness (QED) is 0.917. The molecule has 23 heavy (non-hydrogen) atoms. The fourth-order valence-corrected chi connectivity index (χ4v) is 4.21. The Balaban J connectivity index is 1.45. The highest BCUT2D eigenvalue weighted by atomic mass is 32.1. The van der Waals surface area contributed by atoms with Gasteiger partial charge in [0, 0.05) is 17.6 Å². The van der Waals surface area contributed by atoms with Crippen LogP contribution in [0.3, 0.4) is 0 Å². The molecule has 0 bridgehead atoms. The molecule has 1 aromatic rings. The van der Waals surface area contributed by atoms with Gasteiger partial charge in [-0.15, -0.1) is 11.3 Å². The van der Waals surface area contributed by atoms with Gasteiger partial charge in [0.1, 0.15) is 11.1 Å². The summed E-state index contributed by atoms with van der Waals surface area (Å²) in [7, 11) is 0. The van der Waals surface area contributed by atoms with Crippen LogP contribution in [0.25, 0.3) is 0 Å². The van der Waals surface area contributed by atoms with Crippen LogP contribution in [0.5, 0.6) is 0 Å². The Morgan fingerprint density at radius 1 is 1.48 bits per heavy atom. The molecule has 0 aliphatic carbocycles. The van der Waals surface area contributed by atoms with Crippen molar-refractivity contribution in [2.24, 2.45) is 5.41 Å². The zero-order valence-corrected chi connectivity index (χ0v) is 14.9. The van der Waals surface area contributed by atoms with E-state index in [1.807, 2.05) is 25.4 Å². The van der Waals surface area contributed by atoms with Crippen molar-refractivity contribution in [2.45, 2.75) is 58.2 Å². The Hall–Kier alpha value is -0.980. The van der Waals surface area contributed by atoms with E-state index in [2.05, 4.69) is 15.2 Å². The van der Waals surface area contributed by atoms with E-state index in [-0.39, 0.29) is 23.5 Å². The van der Waals surface area contributed by atoms with E-state index in [0.29, 0.717) is 0 Å². The van der Waals surface area contributed by atoms with E-state index >= 15 is 0 Å². The molecule has 0 aromatic carbocycles. The largest absolute Gasteiger partial charge is 0.368 e. The molecule has 1 amide bonds. The first-order valence-electron chi connectivity index (χ1n) is 8.59. The Labute approximate surface area is 142 Å². The molecule has 1 spiro atoms. The molecule has 3 rings (SSSR count). The lowest BCUT2D eigenvalue weighted by Crippen LogP contribution is -2.49. The molecular formula is C17H27N3O2S. The summed E-state index contributed by atoms with van der Waals surface area (Å²) in [6.07, 6.45) is 5.91. The molecule has 0 unspecified atom stereocenters. The van der Waals surface area contributed by atoms with Crippen LogP contribution in [0.1, 0.15) is 44.5 Å². The Bertz CT molecular complexity index is 500. The highest BCUT2D eigenvalue weighted by Crippen LogP contribution is 2.40. The van der Waals surface area contributed by atoms with Gasteiger partial charge >= 0.3 is 0 Å². The number of aromatic nitrogens is 1. The van der Waals surface area contributed by atoms with Crippen LogP contribution >= 0.6 is 11.3 Å². The van der Waals surface area contributed by atoms with Crippen molar-refractivity contribution in [1.29, 1.82) is 0 Å². The lowest BCUT2D eigenvalue weighted by molar-refractivity contribution is -0.145. The van der Waals surface area contributed by atoms with Crippen molar-refractivity contribution in [2.75, 3.05) is 19.7 Å². The van der Waals surface area contributed by atoms with Crippen LogP contribution in [0.4, 0.5) is 0 Å². The summed E-state index contributed by atoms with van der Waals surface area (Å²) in [5.74, 6) is 0.0519. The standard InChI is InChI=1S/C17H27N3O2S/c1-13(2)19-16(21)14-3-4-17(12-22-14)5-8-20(9-6-17)11-15-18-7-10-23-15/h7,10,13-14H,3-6,8-9,11-12H2,1-2H3,(H,19,21)/t14-/m0/s1. The molecule has 1 aromatic heterocycles. The number of amides is 1. The van der Waals surface area contributed by atoms with Gasteiger partial charge in [0.05, 0.1) is 13.2 Å². The van der Waals surface area contributed by atoms with Crippen molar-refractivity contribution in [3.8, 4) is 0 Å². The maximum absolute atomic E-state index is 12.1. The van der Waals surface area contributed by atoms with E-state index in [0.717, 1.165) is 51.9 Å². The van der Waals surface area contributed by atoms with Crippen molar-refractivity contribution in [3.63, 3.8) is 0 Å². The number of nitrogens with one attached hydrogen (secondary N) is 1. The molecule has 3 heterocycles. The molecule has 2 aliphatic heterocycles. The minimum Gasteiger partial charge on any atom is -0.368 e. The molecule has 0 saturated carbocycles. The molecule has 0 radical (unpaired) electrons. The first-order valence-corrected chi connectivity index (χ1v) is 9.47. The van der Waals surface area contributed by atoms with Crippen LogP contribution in [0.2, 0.25) is 0 Å². The third kappa shape index (κ3) is 4.31. The van der Waals surface area contributed by atoms with Gasteiger partial charge in [0.15, 0.2) is 0 Å². The number of likely N-dealkylation sites (tertiary alicyclic amines) is 1. The fraction of sp³-hybridized carbons (Fsp3) is 0.765. The van der Waals surface area contributed by atoms with Crippen LogP contribution in [-0.2, 0) is 16.1 Å². The third-order valence-corrected chi connectivity index (χ3v) is 5.77. The predicted molar refractivity (Wildman–Crippen MR) is 91.3 cm³/mol. The van der Waals surface area contributed by atoms with E-state index in [4.69, 9.17) is 4.74 Å². The number of hydrogen-bond acceptors (Lipinski definition) is 5. The fourth-order valence-electron chi connectivity index (χ4n) is 3.56. The van der Waals surface area contributed by atoms with Crippen LogP contribution in [-0.4, -0.2) is 47.6 Å². The highest BCUT2D eigenvalue weighted by Gasteiger charge is 2.40. The number of ether oxygens (including phenoxy) is 1. The van der Waals surface area contributed by atoms with Gasteiger partial charge < -0.3 is 10.1 Å². The summed E-state index contributed by atoms with van der Waals surface area (Å²) in [6.45, 7) is 7.88. The summed E-state index contributed by atoms with van der Waals surface area (Å²) in [6, 6.07) is 0.177. The number of piperidine rings is 1. The average molecular weight is 337 g/mol. The van der Waals surface area contributed by atoms with Gasteiger partial charge in [-0.1, -0.05) is 0 Å². The van der Waals surface area contributed by atoms with Crippen LogP contribution in [0.15, 0.2) is 11.6 Å². The number of thiazole rings is 1. The number of carbonyl (C=O) groups is 1.